The van der Waals surface area contributed by atoms with Crippen LogP contribution in [0.3, 0.4) is 0 Å². The van der Waals surface area contributed by atoms with E-state index in [0.29, 0.717) is 0 Å². The summed E-state index contributed by atoms with van der Waals surface area (Å²) in [5.74, 6) is -3.78. The van der Waals surface area contributed by atoms with Gasteiger partial charge in [-0.15, -0.1) is 0 Å². The Bertz CT molecular complexity index is 207. The van der Waals surface area contributed by atoms with Crippen molar-refractivity contribution in [1.82, 2.24) is 4.90 Å². The Balaban J connectivity index is -0.000000120. The molecule has 0 bridgehead atoms. The van der Waals surface area contributed by atoms with Crippen LogP contribution in [0.5, 0.6) is 0 Å². The van der Waals surface area contributed by atoms with Crippen LogP contribution < -0.4 is 0 Å². The van der Waals surface area contributed by atoms with E-state index >= 15 is 0 Å². The molecule has 0 spiro atoms. The van der Waals surface area contributed by atoms with E-state index in [1.165, 1.54) is 0 Å². The summed E-state index contributed by atoms with van der Waals surface area (Å²) in [5, 5.41) is 24.8. The fraction of sp³-hybridized carbons (Fsp3) is 0.500. The number of hydrogen-bond acceptors (Lipinski definition) is 4. The van der Waals surface area contributed by atoms with E-state index in [9.17, 15) is 14.4 Å². The van der Waals surface area contributed by atoms with Crippen molar-refractivity contribution in [2.24, 2.45) is 0 Å². The van der Waals surface area contributed by atoms with Crippen LogP contribution in [-0.4, -0.2) is 67.9 Å². The predicted octanol–water partition coefficient (Wildman–Crippen LogP) is -1.62. The van der Waals surface area contributed by atoms with E-state index in [4.69, 9.17) is 15.3 Å². The molecule has 0 rings (SSSR count). The molecule has 80 valence electrons. The minimum Gasteiger partial charge on any atom is -1.00 e. The molecule has 0 aliphatic heterocycles. The van der Waals surface area contributed by atoms with Gasteiger partial charge in [0.05, 0.1) is 19.6 Å². The summed E-state index contributed by atoms with van der Waals surface area (Å²) < 4.78 is 0. The van der Waals surface area contributed by atoms with Crippen molar-refractivity contribution < 1.29 is 52.0 Å². The van der Waals surface area contributed by atoms with Gasteiger partial charge in [0, 0.05) is 19.5 Å². The van der Waals surface area contributed by atoms with Gasteiger partial charge in [-0.3, -0.25) is 19.3 Å². The second kappa shape index (κ2) is 9.71. The zero-order chi connectivity index (χ0) is 10.4. The van der Waals surface area contributed by atoms with Crippen molar-refractivity contribution in [2.45, 2.75) is 0 Å². The largest absolute Gasteiger partial charge is 2.00 e. The third-order valence-corrected chi connectivity index (χ3v) is 1.08. The number of aliphatic carboxylic acids is 3. The molecule has 0 aromatic carbocycles. The smallest absolute Gasteiger partial charge is 1.00 e. The van der Waals surface area contributed by atoms with Crippen LogP contribution in [0.25, 0.3) is 0 Å². The van der Waals surface area contributed by atoms with Gasteiger partial charge in [0.15, 0.2) is 0 Å². The van der Waals surface area contributed by atoms with Crippen molar-refractivity contribution in [1.29, 1.82) is 0 Å². The molecule has 0 aromatic rings. The van der Waals surface area contributed by atoms with E-state index in [0.717, 1.165) is 4.90 Å². The number of nitrogens with zero attached hydrogens (tertiary/aromatic N) is 1. The van der Waals surface area contributed by atoms with Gasteiger partial charge in [-0.2, -0.15) is 0 Å². The first kappa shape index (κ1) is 19.7. The van der Waals surface area contributed by atoms with Gasteiger partial charge >= 0.3 is 28.0 Å². The van der Waals surface area contributed by atoms with E-state index in [-0.39, 0.29) is 32.5 Å². The van der Waals surface area contributed by atoms with Crippen LogP contribution >= 0.6 is 0 Å². The number of hydrogen-bond donors (Lipinski definition) is 3. The second-order valence-corrected chi connectivity index (χ2v) is 2.33. The Morgan fingerprint density at radius 2 is 1.07 bits per heavy atom. The average Bonchev–Trinajstić information content (AvgIpc) is 1.80. The average molecular weight is 268 g/mol. The Kier molecular flexibility index (Phi) is 12.7. The van der Waals surface area contributed by atoms with Crippen molar-refractivity contribution in [3.63, 3.8) is 0 Å². The Hall–Kier alpha value is -0.838. The molecule has 0 atom stereocenters. The summed E-state index contributed by atoms with van der Waals surface area (Å²) >= 11 is 0. The first-order chi connectivity index (χ1) is 5.91. The SMILES string of the molecule is O=C(O)CN(CC(=O)O)CC(=O)O.[Be+2].[H-].[H-].[Zn]. The van der Waals surface area contributed by atoms with Crippen LogP contribution in [0.15, 0.2) is 0 Å². The first-order valence-corrected chi connectivity index (χ1v) is 3.29. The summed E-state index contributed by atoms with van der Waals surface area (Å²) in [6.07, 6.45) is 0. The first-order valence-electron chi connectivity index (χ1n) is 3.29. The summed E-state index contributed by atoms with van der Waals surface area (Å²) in [5.41, 5.74) is 0. The van der Waals surface area contributed by atoms with Crippen molar-refractivity contribution in [2.75, 3.05) is 19.6 Å². The summed E-state index contributed by atoms with van der Waals surface area (Å²) in [7, 11) is 0. The monoisotopic (exact) mass is 266 g/mol. The predicted molar refractivity (Wildman–Crippen MR) is 47.3 cm³/mol. The summed E-state index contributed by atoms with van der Waals surface area (Å²) in [4.78, 5) is 31.2. The Morgan fingerprint density at radius 1 is 0.867 bits per heavy atom. The van der Waals surface area contributed by atoms with E-state index < -0.39 is 37.5 Å². The second-order valence-electron chi connectivity index (χ2n) is 2.33. The third kappa shape index (κ3) is 13.2. The fourth-order valence-electron chi connectivity index (χ4n) is 0.742. The third-order valence-electron chi connectivity index (χ3n) is 1.08. The van der Waals surface area contributed by atoms with Crippen LogP contribution in [0.1, 0.15) is 2.85 Å². The summed E-state index contributed by atoms with van der Waals surface area (Å²) in [6.45, 7) is -1.80. The van der Waals surface area contributed by atoms with Gasteiger partial charge in [-0.1, -0.05) is 0 Å². The molecule has 9 heteroatoms. The van der Waals surface area contributed by atoms with Gasteiger partial charge in [0.2, 0.25) is 0 Å². The van der Waals surface area contributed by atoms with Gasteiger partial charge in [0.1, 0.15) is 0 Å². The molecular weight excluding hydrogens is 256 g/mol. The van der Waals surface area contributed by atoms with Gasteiger partial charge < -0.3 is 18.2 Å². The molecule has 0 aromatic heterocycles. The summed E-state index contributed by atoms with van der Waals surface area (Å²) in [6, 6.07) is 0. The van der Waals surface area contributed by atoms with Crippen LogP contribution in [0.4, 0.5) is 0 Å². The number of rotatable bonds is 6. The molecule has 15 heavy (non-hydrogen) atoms. The zero-order valence-corrected chi connectivity index (χ0v) is 11.0. The quantitative estimate of drug-likeness (QED) is 0.496. The van der Waals surface area contributed by atoms with Crippen LogP contribution in [-0.2, 0) is 33.9 Å². The van der Waals surface area contributed by atoms with Gasteiger partial charge in [-0.05, 0) is 0 Å². The molecule has 0 heterocycles. The Labute approximate surface area is 105 Å². The van der Waals surface area contributed by atoms with Crippen molar-refractivity contribution >= 4 is 28.0 Å². The zero-order valence-electron chi connectivity index (χ0n) is 10.0. The minimum absolute atomic E-state index is 0. The number of carboxylic acids is 3. The molecule has 0 unspecified atom stereocenters. The fourth-order valence-corrected chi connectivity index (χ4v) is 0.742. The van der Waals surface area contributed by atoms with E-state index in [1.54, 1.807) is 0 Å². The number of carboxylic acid groups (broad SMARTS) is 3. The van der Waals surface area contributed by atoms with Crippen molar-refractivity contribution in [3.05, 3.63) is 0 Å². The minimum atomic E-state index is -1.26. The number of carbonyl (C=O) groups is 3. The molecule has 0 fully saturated rings. The molecule has 0 saturated carbocycles. The van der Waals surface area contributed by atoms with E-state index in [2.05, 4.69) is 0 Å². The topological polar surface area (TPSA) is 115 Å². The molecule has 0 radical (unpaired) electrons. The molecular formula is C6H11BeNO6Zn. The maximum atomic E-state index is 10.1. The molecule has 0 aliphatic carbocycles. The van der Waals surface area contributed by atoms with Crippen molar-refractivity contribution in [3.8, 4) is 0 Å². The standard InChI is InChI=1S/C6H9NO6.Be.Zn.2H/c8-4(9)1-7(2-5(10)11)3-6(12)13;;;;/h1-3H2,(H,8,9)(H,10,11)(H,12,13);;;;/q;+2;;2*-1. The molecule has 0 amide bonds. The van der Waals surface area contributed by atoms with E-state index in [1.807, 2.05) is 0 Å². The molecule has 0 saturated heterocycles. The van der Waals surface area contributed by atoms with Crippen LogP contribution in [0, 0.1) is 0 Å². The maximum Gasteiger partial charge on any atom is 2.00 e. The van der Waals surface area contributed by atoms with Gasteiger partial charge in [-0.25, -0.2) is 0 Å². The maximum absolute atomic E-state index is 10.1. The van der Waals surface area contributed by atoms with Crippen LogP contribution in [0.2, 0.25) is 0 Å². The molecule has 7 nitrogen and oxygen atoms in total. The molecule has 3 N–H and O–H groups in total. The molecule has 0 aliphatic rings. The normalized spacial score (nSPS) is 8.60. The Morgan fingerprint density at radius 3 is 1.20 bits per heavy atom. The van der Waals surface area contributed by atoms with Gasteiger partial charge in [0.25, 0.3) is 0 Å².